The molecule has 0 radical (unpaired) electrons. The first-order chi connectivity index (χ1) is 12.1. The van der Waals surface area contributed by atoms with E-state index in [9.17, 15) is 4.79 Å². The summed E-state index contributed by atoms with van der Waals surface area (Å²) in [6.07, 6.45) is 2.21. The zero-order valence-electron chi connectivity index (χ0n) is 15.2. The molecule has 0 aliphatic carbocycles. The van der Waals surface area contributed by atoms with E-state index in [2.05, 4.69) is 22.0 Å². The van der Waals surface area contributed by atoms with Crippen LogP contribution in [0.5, 0.6) is 0 Å². The molecule has 2 saturated heterocycles. The Bertz CT molecular complexity index is 577. The lowest BCUT2D eigenvalue weighted by Gasteiger charge is -2.43. The number of hydrogen-bond acceptors (Lipinski definition) is 7. The number of amides is 1. The van der Waals surface area contributed by atoms with Crippen LogP contribution in [-0.4, -0.2) is 71.8 Å². The van der Waals surface area contributed by atoms with Gasteiger partial charge in [-0.25, -0.2) is 0 Å². The van der Waals surface area contributed by atoms with Gasteiger partial charge in [0.25, 0.3) is 0 Å². The summed E-state index contributed by atoms with van der Waals surface area (Å²) >= 11 is 0. The minimum absolute atomic E-state index is 0.0663. The Morgan fingerprint density at radius 1 is 1.28 bits per heavy atom. The maximum Gasteiger partial charge on any atom is 0.243 e. The van der Waals surface area contributed by atoms with Gasteiger partial charge in [-0.3, -0.25) is 9.69 Å². The Hall–Kier alpha value is -1.51. The number of carbonyl (C=O) groups is 1. The lowest BCUT2D eigenvalue weighted by molar-refractivity contribution is -0.149. The molecule has 3 rings (SSSR count). The number of hydrogen-bond donors (Lipinski definition) is 1. The van der Waals surface area contributed by atoms with Crippen molar-refractivity contribution >= 4 is 5.91 Å². The quantitative estimate of drug-likeness (QED) is 0.829. The van der Waals surface area contributed by atoms with E-state index in [1.165, 1.54) is 0 Å². The SMILES string of the molecule is CCc1noc(C(C)N2CCN(C(=O)C3(CN)CCOCC3)CC2)n1. The smallest absolute Gasteiger partial charge is 0.243 e. The highest BCUT2D eigenvalue weighted by atomic mass is 16.5. The summed E-state index contributed by atoms with van der Waals surface area (Å²) in [5.41, 5.74) is 5.54. The van der Waals surface area contributed by atoms with Crippen LogP contribution >= 0.6 is 0 Å². The molecule has 1 unspecified atom stereocenters. The molecule has 2 aliphatic rings. The van der Waals surface area contributed by atoms with Gasteiger partial charge < -0.3 is 19.9 Å². The second kappa shape index (κ2) is 7.80. The van der Waals surface area contributed by atoms with Gasteiger partial charge in [-0.05, 0) is 19.8 Å². The Kier molecular flexibility index (Phi) is 5.71. The number of aromatic nitrogens is 2. The summed E-state index contributed by atoms with van der Waals surface area (Å²) in [4.78, 5) is 21.7. The summed E-state index contributed by atoms with van der Waals surface area (Å²) in [6, 6.07) is 0.0663. The van der Waals surface area contributed by atoms with Gasteiger partial charge in [0.1, 0.15) is 0 Å². The Morgan fingerprint density at radius 2 is 1.96 bits per heavy atom. The molecule has 2 fully saturated rings. The van der Waals surface area contributed by atoms with Crippen LogP contribution in [0, 0.1) is 5.41 Å². The van der Waals surface area contributed by atoms with Crippen molar-refractivity contribution in [1.82, 2.24) is 19.9 Å². The Morgan fingerprint density at radius 3 is 2.52 bits per heavy atom. The average Bonchev–Trinajstić information content (AvgIpc) is 3.17. The van der Waals surface area contributed by atoms with Crippen LogP contribution in [0.3, 0.4) is 0 Å². The van der Waals surface area contributed by atoms with Gasteiger partial charge in [0.15, 0.2) is 5.82 Å². The first-order valence-electron chi connectivity index (χ1n) is 9.23. The third-order valence-corrected chi connectivity index (χ3v) is 5.60. The van der Waals surface area contributed by atoms with Crippen molar-refractivity contribution < 1.29 is 14.1 Å². The molecule has 8 nitrogen and oxygen atoms in total. The molecule has 2 N–H and O–H groups in total. The fraction of sp³-hybridized carbons (Fsp3) is 0.824. The number of ether oxygens (including phenoxy) is 1. The summed E-state index contributed by atoms with van der Waals surface area (Å²) in [6.45, 7) is 8.74. The maximum absolute atomic E-state index is 13.0. The van der Waals surface area contributed by atoms with E-state index < -0.39 is 5.41 Å². The molecule has 2 aliphatic heterocycles. The van der Waals surface area contributed by atoms with Crippen LogP contribution in [0.1, 0.15) is 44.4 Å². The first kappa shape index (κ1) is 18.3. The van der Waals surface area contributed by atoms with E-state index in [1.54, 1.807) is 0 Å². The van der Waals surface area contributed by atoms with Crippen LogP contribution < -0.4 is 5.73 Å². The number of piperazine rings is 1. The summed E-state index contributed by atoms with van der Waals surface area (Å²) in [7, 11) is 0. The molecular formula is C17H29N5O3. The molecule has 0 spiro atoms. The van der Waals surface area contributed by atoms with Gasteiger partial charge in [0.2, 0.25) is 11.8 Å². The third-order valence-electron chi connectivity index (χ3n) is 5.60. The van der Waals surface area contributed by atoms with E-state index in [0.29, 0.717) is 38.7 Å². The highest BCUT2D eigenvalue weighted by molar-refractivity contribution is 5.83. The lowest BCUT2D eigenvalue weighted by atomic mass is 9.78. The van der Waals surface area contributed by atoms with Crippen LogP contribution in [0.15, 0.2) is 4.52 Å². The van der Waals surface area contributed by atoms with Gasteiger partial charge in [-0.15, -0.1) is 0 Å². The van der Waals surface area contributed by atoms with E-state index in [4.69, 9.17) is 15.0 Å². The molecule has 0 saturated carbocycles. The third kappa shape index (κ3) is 3.70. The zero-order valence-corrected chi connectivity index (χ0v) is 15.2. The standard InChI is InChI=1S/C17H29N5O3/c1-3-14-19-15(25-20-14)13(2)21-6-8-22(9-7-21)16(23)17(12-18)4-10-24-11-5-17/h13H,3-12,18H2,1-2H3. The van der Waals surface area contributed by atoms with E-state index in [0.717, 1.165) is 38.2 Å². The summed E-state index contributed by atoms with van der Waals surface area (Å²) in [5.74, 6) is 1.58. The van der Waals surface area contributed by atoms with Crippen molar-refractivity contribution in [3.8, 4) is 0 Å². The van der Waals surface area contributed by atoms with Gasteiger partial charge in [-0.1, -0.05) is 12.1 Å². The minimum Gasteiger partial charge on any atom is -0.381 e. The molecule has 1 aromatic rings. The Labute approximate surface area is 148 Å². The zero-order chi connectivity index (χ0) is 17.9. The van der Waals surface area contributed by atoms with Crippen molar-refractivity contribution in [3.05, 3.63) is 11.7 Å². The lowest BCUT2D eigenvalue weighted by Crippen LogP contribution is -2.56. The van der Waals surface area contributed by atoms with E-state index in [1.807, 2.05) is 11.8 Å². The first-order valence-corrected chi connectivity index (χ1v) is 9.23. The number of rotatable bonds is 5. The van der Waals surface area contributed by atoms with Crippen LogP contribution in [0.2, 0.25) is 0 Å². The molecule has 25 heavy (non-hydrogen) atoms. The Balaban J connectivity index is 1.58. The van der Waals surface area contributed by atoms with Gasteiger partial charge >= 0.3 is 0 Å². The fourth-order valence-electron chi connectivity index (χ4n) is 3.65. The molecule has 8 heteroatoms. The minimum atomic E-state index is -0.436. The molecule has 0 bridgehead atoms. The average molecular weight is 351 g/mol. The van der Waals surface area contributed by atoms with Crippen LogP contribution in [0.4, 0.5) is 0 Å². The number of nitrogens with two attached hydrogens (primary N) is 1. The molecule has 0 aromatic carbocycles. The molecular weight excluding hydrogens is 322 g/mol. The maximum atomic E-state index is 13.0. The monoisotopic (exact) mass is 351 g/mol. The summed E-state index contributed by atoms with van der Waals surface area (Å²) < 4.78 is 10.8. The van der Waals surface area contributed by atoms with E-state index in [-0.39, 0.29) is 11.9 Å². The van der Waals surface area contributed by atoms with Crippen LogP contribution in [-0.2, 0) is 16.0 Å². The van der Waals surface area contributed by atoms with Crippen molar-refractivity contribution in [3.63, 3.8) is 0 Å². The largest absolute Gasteiger partial charge is 0.381 e. The highest BCUT2D eigenvalue weighted by Crippen LogP contribution is 2.32. The second-order valence-corrected chi connectivity index (χ2v) is 7.00. The van der Waals surface area contributed by atoms with Crippen molar-refractivity contribution in [2.75, 3.05) is 45.9 Å². The molecule has 1 aromatic heterocycles. The second-order valence-electron chi connectivity index (χ2n) is 7.00. The number of nitrogens with zero attached hydrogens (tertiary/aromatic N) is 4. The van der Waals surface area contributed by atoms with Gasteiger partial charge in [0.05, 0.1) is 11.5 Å². The molecule has 1 amide bonds. The number of aryl methyl sites for hydroxylation is 1. The fourth-order valence-corrected chi connectivity index (χ4v) is 3.65. The van der Waals surface area contributed by atoms with E-state index >= 15 is 0 Å². The van der Waals surface area contributed by atoms with Gasteiger partial charge in [0, 0.05) is 52.4 Å². The topological polar surface area (TPSA) is 97.7 Å². The van der Waals surface area contributed by atoms with Crippen molar-refractivity contribution in [1.29, 1.82) is 0 Å². The normalized spacial score (nSPS) is 22.8. The number of carbonyl (C=O) groups excluding carboxylic acids is 1. The van der Waals surface area contributed by atoms with Crippen LogP contribution in [0.25, 0.3) is 0 Å². The van der Waals surface area contributed by atoms with Crippen molar-refractivity contribution in [2.24, 2.45) is 11.1 Å². The van der Waals surface area contributed by atoms with Crippen molar-refractivity contribution in [2.45, 2.75) is 39.2 Å². The predicted molar refractivity (Wildman–Crippen MR) is 91.8 cm³/mol. The molecule has 1 atom stereocenters. The molecule has 140 valence electrons. The molecule has 3 heterocycles. The van der Waals surface area contributed by atoms with Gasteiger partial charge in [-0.2, -0.15) is 4.98 Å². The predicted octanol–water partition coefficient (Wildman–Crippen LogP) is 0.593. The summed E-state index contributed by atoms with van der Waals surface area (Å²) in [5, 5.41) is 3.97. The highest BCUT2D eigenvalue weighted by Gasteiger charge is 2.42.